The van der Waals surface area contributed by atoms with Crippen LogP contribution in [0.4, 0.5) is 4.39 Å². The van der Waals surface area contributed by atoms with E-state index in [1.165, 1.54) is 6.07 Å². The van der Waals surface area contributed by atoms with E-state index in [1.54, 1.807) is 30.6 Å². The fourth-order valence-corrected chi connectivity index (χ4v) is 2.52. The maximum Gasteiger partial charge on any atom is 0.166 e. The van der Waals surface area contributed by atoms with Crippen LogP contribution in [0, 0.1) is 5.82 Å². The minimum Gasteiger partial charge on any atom is -0.453 e. The minimum absolute atomic E-state index is 0.0636. The molecule has 1 aliphatic heterocycles. The van der Waals surface area contributed by atoms with E-state index >= 15 is 0 Å². The average Bonchev–Trinajstić information content (AvgIpc) is 3.03. The highest BCUT2D eigenvalue weighted by molar-refractivity contribution is 5.34. The molecular formula is C17H19FN2O2. The Morgan fingerprint density at radius 2 is 2.32 bits per heavy atom. The van der Waals surface area contributed by atoms with Gasteiger partial charge in [-0.2, -0.15) is 0 Å². The molecule has 1 fully saturated rings. The molecule has 0 bridgehead atoms. The van der Waals surface area contributed by atoms with Gasteiger partial charge in [-0.3, -0.25) is 4.98 Å². The first-order valence-corrected chi connectivity index (χ1v) is 7.43. The van der Waals surface area contributed by atoms with Crippen molar-refractivity contribution in [1.29, 1.82) is 0 Å². The summed E-state index contributed by atoms with van der Waals surface area (Å²) in [6.07, 6.45) is 4.19. The van der Waals surface area contributed by atoms with Gasteiger partial charge >= 0.3 is 0 Å². The SMILES string of the molecule is CC(NC1CCOC1)c1ccc(Oc2cccnc2)c(F)c1. The molecule has 2 atom stereocenters. The van der Waals surface area contributed by atoms with Crippen molar-refractivity contribution in [1.82, 2.24) is 10.3 Å². The lowest BCUT2D eigenvalue weighted by Crippen LogP contribution is -2.31. The van der Waals surface area contributed by atoms with Crippen molar-refractivity contribution < 1.29 is 13.9 Å². The van der Waals surface area contributed by atoms with E-state index in [0.717, 1.165) is 25.2 Å². The van der Waals surface area contributed by atoms with Crippen LogP contribution in [0.1, 0.15) is 24.9 Å². The van der Waals surface area contributed by atoms with Crippen LogP contribution in [0.5, 0.6) is 11.5 Å². The normalized spacial score (nSPS) is 19.1. The first-order chi connectivity index (χ1) is 10.7. The van der Waals surface area contributed by atoms with Gasteiger partial charge in [-0.1, -0.05) is 6.07 Å². The van der Waals surface area contributed by atoms with E-state index in [-0.39, 0.29) is 17.6 Å². The van der Waals surface area contributed by atoms with Crippen LogP contribution < -0.4 is 10.1 Å². The van der Waals surface area contributed by atoms with Crippen LogP contribution in [0.3, 0.4) is 0 Å². The van der Waals surface area contributed by atoms with E-state index in [4.69, 9.17) is 9.47 Å². The van der Waals surface area contributed by atoms with Gasteiger partial charge in [-0.15, -0.1) is 0 Å². The van der Waals surface area contributed by atoms with E-state index in [9.17, 15) is 4.39 Å². The van der Waals surface area contributed by atoms with E-state index in [0.29, 0.717) is 11.8 Å². The maximum absolute atomic E-state index is 14.2. The molecule has 0 saturated carbocycles. The number of aromatic nitrogens is 1. The summed E-state index contributed by atoms with van der Waals surface area (Å²) < 4.78 is 25.1. The fourth-order valence-electron chi connectivity index (χ4n) is 2.52. The average molecular weight is 302 g/mol. The van der Waals surface area contributed by atoms with Crippen LogP contribution in [-0.2, 0) is 4.74 Å². The lowest BCUT2D eigenvalue weighted by Gasteiger charge is -2.19. The summed E-state index contributed by atoms with van der Waals surface area (Å²) in [6.45, 7) is 3.53. The Morgan fingerprint density at radius 3 is 3.00 bits per heavy atom. The number of pyridine rings is 1. The second-order valence-corrected chi connectivity index (χ2v) is 5.43. The van der Waals surface area contributed by atoms with Crippen molar-refractivity contribution in [3.05, 3.63) is 54.1 Å². The number of rotatable bonds is 5. The quantitative estimate of drug-likeness (QED) is 0.918. The van der Waals surface area contributed by atoms with Crippen molar-refractivity contribution in [2.24, 2.45) is 0 Å². The third-order valence-corrected chi connectivity index (χ3v) is 3.73. The molecule has 5 heteroatoms. The number of halogens is 1. The second kappa shape index (κ2) is 6.85. The van der Waals surface area contributed by atoms with Crippen LogP contribution >= 0.6 is 0 Å². The Balaban J connectivity index is 1.68. The predicted molar refractivity (Wildman–Crippen MR) is 81.5 cm³/mol. The molecule has 116 valence electrons. The van der Waals surface area contributed by atoms with Gasteiger partial charge in [-0.05, 0) is 43.2 Å². The number of hydrogen-bond acceptors (Lipinski definition) is 4. The Hall–Kier alpha value is -1.98. The van der Waals surface area contributed by atoms with Crippen molar-refractivity contribution >= 4 is 0 Å². The molecule has 1 N–H and O–H groups in total. The Bertz CT molecular complexity index is 615. The van der Waals surface area contributed by atoms with Crippen molar-refractivity contribution in [2.75, 3.05) is 13.2 Å². The van der Waals surface area contributed by atoms with Gasteiger partial charge in [0.15, 0.2) is 11.6 Å². The summed E-state index contributed by atoms with van der Waals surface area (Å²) in [5.41, 5.74) is 0.892. The highest BCUT2D eigenvalue weighted by Crippen LogP contribution is 2.26. The van der Waals surface area contributed by atoms with Crippen molar-refractivity contribution in [3.8, 4) is 11.5 Å². The highest BCUT2D eigenvalue weighted by Gasteiger charge is 2.19. The molecule has 0 aliphatic carbocycles. The molecule has 0 radical (unpaired) electrons. The number of hydrogen-bond donors (Lipinski definition) is 1. The first kappa shape index (κ1) is 14.9. The Kier molecular flexibility index (Phi) is 4.65. The smallest absolute Gasteiger partial charge is 0.166 e. The summed E-state index contributed by atoms with van der Waals surface area (Å²) in [4.78, 5) is 3.94. The number of benzene rings is 1. The minimum atomic E-state index is -0.377. The summed E-state index contributed by atoms with van der Waals surface area (Å²) in [7, 11) is 0. The van der Waals surface area contributed by atoms with Crippen LogP contribution in [0.2, 0.25) is 0 Å². The summed E-state index contributed by atoms with van der Waals surface area (Å²) in [6, 6.07) is 8.93. The standard InChI is InChI=1S/C17H19FN2O2/c1-12(20-14-6-8-21-11-14)13-4-5-17(16(18)9-13)22-15-3-2-7-19-10-15/h2-5,7,9-10,12,14,20H,6,8,11H2,1H3. The number of ether oxygens (including phenoxy) is 2. The molecule has 1 aliphatic rings. The van der Waals surface area contributed by atoms with Gasteiger partial charge in [0.05, 0.1) is 12.8 Å². The van der Waals surface area contributed by atoms with Crippen molar-refractivity contribution in [2.45, 2.75) is 25.4 Å². The lowest BCUT2D eigenvalue weighted by molar-refractivity contribution is 0.188. The molecule has 2 unspecified atom stereocenters. The zero-order valence-electron chi connectivity index (χ0n) is 12.5. The maximum atomic E-state index is 14.2. The Labute approximate surface area is 129 Å². The molecule has 0 amide bonds. The molecule has 1 saturated heterocycles. The molecule has 2 heterocycles. The second-order valence-electron chi connectivity index (χ2n) is 5.43. The molecular weight excluding hydrogens is 283 g/mol. The van der Waals surface area contributed by atoms with Gasteiger partial charge in [0.1, 0.15) is 5.75 Å². The van der Waals surface area contributed by atoms with E-state index < -0.39 is 0 Å². The summed E-state index contributed by atoms with van der Waals surface area (Å²) in [5, 5.41) is 3.45. The number of nitrogens with zero attached hydrogens (tertiary/aromatic N) is 1. The fraction of sp³-hybridized carbons (Fsp3) is 0.353. The van der Waals surface area contributed by atoms with Gasteiger partial charge in [0, 0.05) is 24.9 Å². The third-order valence-electron chi connectivity index (χ3n) is 3.73. The summed E-state index contributed by atoms with van der Waals surface area (Å²) in [5.74, 6) is 0.342. The largest absolute Gasteiger partial charge is 0.453 e. The molecule has 0 spiro atoms. The molecule has 2 aromatic rings. The predicted octanol–water partition coefficient (Wildman–Crippen LogP) is 3.45. The molecule has 22 heavy (non-hydrogen) atoms. The molecule has 3 rings (SSSR count). The molecule has 4 nitrogen and oxygen atoms in total. The van der Waals surface area contributed by atoms with Crippen LogP contribution in [-0.4, -0.2) is 24.2 Å². The van der Waals surface area contributed by atoms with Crippen LogP contribution in [0.25, 0.3) is 0 Å². The zero-order chi connectivity index (χ0) is 15.4. The van der Waals surface area contributed by atoms with Crippen molar-refractivity contribution in [3.63, 3.8) is 0 Å². The van der Waals surface area contributed by atoms with Crippen LogP contribution in [0.15, 0.2) is 42.7 Å². The topological polar surface area (TPSA) is 43.4 Å². The molecule has 1 aromatic heterocycles. The highest BCUT2D eigenvalue weighted by atomic mass is 19.1. The third kappa shape index (κ3) is 3.61. The van der Waals surface area contributed by atoms with E-state index in [1.807, 2.05) is 13.0 Å². The van der Waals surface area contributed by atoms with E-state index in [2.05, 4.69) is 10.3 Å². The first-order valence-electron chi connectivity index (χ1n) is 7.43. The lowest BCUT2D eigenvalue weighted by atomic mass is 10.1. The number of nitrogens with one attached hydrogen (secondary N) is 1. The Morgan fingerprint density at radius 1 is 1.41 bits per heavy atom. The molecule has 1 aromatic carbocycles. The van der Waals surface area contributed by atoms with Gasteiger partial charge in [0.2, 0.25) is 0 Å². The summed E-state index contributed by atoms with van der Waals surface area (Å²) >= 11 is 0. The monoisotopic (exact) mass is 302 g/mol. The van der Waals surface area contributed by atoms with Gasteiger partial charge < -0.3 is 14.8 Å². The van der Waals surface area contributed by atoms with Gasteiger partial charge in [-0.25, -0.2) is 4.39 Å². The van der Waals surface area contributed by atoms with Gasteiger partial charge in [0.25, 0.3) is 0 Å². The zero-order valence-corrected chi connectivity index (χ0v) is 12.5.